The molecule has 0 aliphatic heterocycles. The van der Waals surface area contributed by atoms with Gasteiger partial charge in [-0.1, -0.05) is 0 Å². The molecule has 0 saturated heterocycles. The molecule has 5 heteroatoms. The van der Waals surface area contributed by atoms with E-state index in [0.29, 0.717) is 25.1 Å². The van der Waals surface area contributed by atoms with Gasteiger partial charge in [0, 0.05) is 18.9 Å². The van der Waals surface area contributed by atoms with Crippen molar-refractivity contribution in [1.29, 1.82) is 5.26 Å². The third kappa shape index (κ3) is 3.68. The minimum Gasteiger partial charge on any atom is -0.494 e. The van der Waals surface area contributed by atoms with Gasteiger partial charge in [-0.3, -0.25) is 4.57 Å². The van der Waals surface area contributed by atoms with Crippen LogP contribution in [0.2, 0.25) is 0 Å². The van der Waals surface area contributed by atoms with Crippen LogP contribution in [0.25, 0.3) is 0 Å². The fraction of sp³-hybridized carbons (Fsp3) is 0.214. The van der Waals surface area contributed by atoms with E-state index in [-0.39, 0.29) is 5.69 Å². The van der Waals surface area contributed by atoms with Gasteiger partial charge in [-0.25, -0.2) is 9.78 Å². The number of aryl methyl sites for hydroxylation is 1. The fourth-order valence-corrected chi connectivity index (χ4v) is 1.61. The molecule has 0 radical (unpaired) electrons. The van der Waals surface area contributed by atoms with E-state index >= 15 is 0 Å². The van der Waals surface area contributed by atoms with Gasteiger partial charge in [0.2, 0.25) is 0 Å². The van der Waals surface area contributed by atoms with Crippen LogP contribution >= 0.6 is 0 Å². The number of benzene rings is 1. The Balaban J connectivity index is 1.79. The zero-order valence-electron chi connectivity index (χ0n) is 10.3. The Morgan fingerprint density at radius 3 is 2.79 bits per heavy atom. The highest BCUT2D eigenvalue weighted by atomic mass is 16.5. The highest BCUT2D eigenvalue weighted by Crippen LogP contribution is 2.11. The van der Waals surface area contributed by atoms with Crippen molar-refractivity contribution in [2.45, 2.75) is 13.0 Å². The zero-order chi connectivity index (χ0) is 13.5. The summed E-state index contributed by atoms with van der Waals surface area (Å²) in [5.74, 6) is 0.720. The molecule has 19 heavy (non-hydrogen) atoms. The van der Waals surface area contributed by atoms with Gasteiger partial charge in [0.15, 0.2) is 0 Å². The van der Waals surface area contributed by atoms with Crippen LogP contribution in [-0.2, 0) is 6.54 Å². The van der Waals surface area contributed by atoms with Crippen LogP contribution in [0.3, 0.4) is 0 Å². The summed E-state index contributed by atoms with van der Waals surface area (Å²) < 4.78 is 7.07. The first-order valence-corrected chi connectivity index (χ1v) is 5.94. The van der Waals surface area contributed by atoms with Gasteiger partial charge in [-0.15, -0.1) is 0 Å². The van der Waals surface area contributed by atoms with Gasteiger partial charge in [0.1, 0.15) is 5.75 Å². The zero-order valence-corrected chi connectivity index (χ0v) is 10.3. The highest BCUT2D eigenvalue weighted by molar-refractivity contribution is 5.34. The predicted octanol–water partition coefficient (Wildman–Crippen LogP) is 1.58. The SMILES string of the molecule is N#Cc1ccc(OCCCn2cccnc2=O)cc1. The molecular weight excluding hydrogens is 242 g/mol. The Labute approximate surface area is 110 Å². The molecule has 1 heterocycles. The van der Waals surface area contributed by atoms with Crippen molar-refractivity contribution in [3.8, 4) is 11.8 Å². The van der Waals surface area contributed by atoms with Gasteiger partial charge in [0.05, 0.1) is 18.2 Å². The Hall–Kier alpha value is -2.61. The number of nitriles is 1. The summed E-state index contributed by atoms with van der Waals surface area (Å²) >= 11 is 0. The summed E-state index contributed by atoms with van der Waals surface area (Å²) in [5.41, 5.74) is 0.357. The maximum Gasteiger partial charge on any atom is 0.347 e. The molecule has 96 valence electrons. The van der Waals surface area contributed by atoms with Crippen molar-refractivity contribution < 1.29 is 4.74 Å². The monoisotopic (exact) mass is 255 g/mol. The van der Waals surface area contributed by atoms with Gasteiger partial charge in [-0.05, 0) is 36.8 Å². The normalized spacial score (nSPS) is 9.84. The van der Waals surface area contributed by atoms with Gasteiger partial charge < -0.3 is 4.74 Å². The minimum atomic E-state index is -0.249. The molecule has 1 aromatic carbocycles. The second kappa shape index (κ2) is 6.36. The van der Waals surface area contributed by atoms with Crippen LogP contribution in [0.1, 0.15) is 12.0 Å². The summed E-state index contributed by atoms with van der Waals surface area (Å²) in [5, 5.41) is 8.67. The molecule has 0 fully saturated rings. The third-order valence-corrected chi connectivity index (χ3v) is 2.58. The second-order valence-corrected chi connectivity index (χ2v) is 3.93. The van der Waals surface area contributed by atoms with Crippen molar-refractivity contribution in [2.24, 2.45) is 0 Å². The minimum absolute atomic E-state index is 0.249. The van der Waals surface area contributed by atoms with Crippen molar-refractivity contribution in [3.63, 3.8) is 0 Å². The average molecular weight is 255 g/mol. The molecule has 1 aromatic heterocycles. The van der Waals surface area contributed by atoms with Crippen LogP contribution in [0.4, 0.5) is 0 Å². The number of hydrogen-bond donors (Lipinski definition) is 0. The summed E-state index contributed by atoms with van der Waals surface area (Å²) in [6.07, 6.45) is 3.90. The quantitative estimate of drug-likeness (QED) is 0.761. The highest BCUT2D eigenvalue weighted by Gasteiger charge is 1.97. The molecule has 0 spiro atoms. The van der Waals surface area contributed by atoms with E-state index in [1.165, 1.54) is 6.20 Å². The molecule has 0 aliphatic carbocycles. The standard InChI is InChI=1S/C14H13N3O2/c15-11-12-3-5-13(6-4-12)19-10-2-9-17-8-1-7-16-14(17)18/h1,3-8H,2,9-10H2. The molecular formula is C14H13N3O2. The van der Waals surface area contributed by atoms with E-state index in [0.717, 1.165) is 5.75 Å². The van der Waals surface area contributed by atoms with Crippen molar-refractivity contribution in [2.75, 3.05) is 6.61 Å². The summed E-state index contributed by atoms with van der Waals surface area (Å²) in [6, 6.07) is 10.7. The Kier molecular flexibility index (Phi) is 4.29. The molecule has 0 aliphatic rings. The van der Waals surface area contributed by atoms with Gasteiger partial charge >= 0.3 is 5.69 Å². The molecule has 0 amide bonds. The molecule has 0 bridgehead atoms. The number of rotatable bonds is 5. The van der Waals surface area contributed by atoms with Crippen molar-refractivity contribution in [1.82, 2.24) is 9.55 Å². The van der Waals surface area contributed by atoms with Crippen molar-refractivity contribution >= 4 is 0 Å². The van der Waals surface area contributed by atoms with E-state index in [1.54, 1.807) is 41.1 Å². The Bertz CT molecular complexity index is 626. The molecule has 2 aromatic rings. The van der Waals surface area contributed by atoms with Crippen LogP contribution in [-0.4, -0.2) is 16.2 Å². The topological polar surface area (TPSA) is 67.9 Å². The first-order chi connectivity index (χ1) is 9.29. The maximum atomic E-state index is 11.3. The van der Waals surface area contributed by atoms with E-state index in [9.17, 15) is 4.79 Å². The predicted molar refractivity (Wildman–Crippen MR) is 69.8 cm³/mol. The van der Waals surface area contributed by atoms with Crippen LogP contribution in [0.5, 0.6) is 5.75 Å². The number of nitrogens with zero attached hydrogens (tertiary/aromatic N) is 3. The lowest BCUT2D eigenvalue weighted by Crippen LogP contribution is -2.22. The third-order valence-electron chi connectivity index (χ3n) is 2.58. The summed E-state index contributed by atoms with van der Waals surface area (Å²) in [7, 11) is 0. The Morgan fingerprint density at radius 1 is 1.32 bits per heavy atom. The molecule has 0 saturated carbocycles. The van der Waals surface area contributed by atoms with Gasteiger partial charge in [0.25, 0.3) is 0 Å². The number of hydrogen-bond acceptors (Lipinski definition) is 4. The molecule has 2 rings (SSSR count). The van der Waals surface area contributed by atoms with E-state index < -0.39 is 0 Å². The molecule has 0 unspecified atom stereocenters. The smallest absolute Gasteiger partial charge is 0.347 e. The van der Waals surface area contributed by atoms with Crippen LogP contribution < -0.4 is 10.4 Å². The summed E-state index contributed by atoms with van der Waals surface area (Å²) in [4.78, 5) is 15.0. The molecule has 0 N–H and O–H groups in total. The van der Waals surface area contributed by atoms with E-state index in [2.05, 4.69) is 4.98 Å². The largest absolute Gasteiger partial charge is 0.494 e. The molecule has 0 atom stereocenters. The maximum absolute atomic E-state index is 11.3. The fourth-order valence-electron chi connectivity index (χ4n) is 1.61. The average Bonchev–Trinajstić information content (AvgIpc) is 2.46. The van der Waals surface area contributed by atoms with Crippen LogP contribution in [0, 0.1) is 11.3 Å². The lowest BCUT2D eigenvalue weighted by atomic mass is 10.2. The summed E-state index contributed by atoms with van der Waals surface area (Å²) in [6.45, 7) is 1.08. The van der Waals surface area contributed by atoms with Gasteiger partial charge in [-0.2, -0.15) is 5.26 Å². The van der Waals surface area contributed by atoms with E-state index in [4.69, 9.17) is 10.00 Å². The first-order valence-electron chi connectivity index (χ1n) is 5.94. The first kappa shape index (κ1) is 12.8. The second-order valence-electron chi connectivity index (χ2n) is 3.93. The number of ether oxygens (including phenoxy) is 1. The molecule has 5 nitrogen and oxygen atoms in total. The van der Waals surface area contributed by atoms with E-state index in [1.807, 2.05) is 6.07 Å². The number of aromatic nitrogens is 2. The lowest BCUT2D eigenvalue weighted by Gasteiger charge is -2.07. The van der Waals surface area contributed by atoms with Crippen LogP contribution in [0.15, 0.2) is 47.5 Å². The Morgan fingerprint density at radius 2 is 2.11 bits per heavy atom. The lowest BCUT2D eigenvalue weighted by molar-refractivity contribution is 0.300. The van der Waals surface area contributed by atoms with Crippen molar-refractivity contribution in [3.05, 3.63) is 58.8 Å².